The first-order valence-electron chi connectivity index (χ1n) is 4.80. The van der Waals surface area contributed by atoms with E-state index in [1.807, 2.05) is 31.3 Å². The molecular formula is C11H11N3OS. The minimum Gasteiger partial charge on any atom is -0.294 e. The lowest BCUT2D eigenvalue weighted by molar-refractivity contribution is 0.101. The number of rotatable bonds is 3. The van der Waals surface area contributed by atoms with Crippen molar-refractivity contribution in [1.82, 2.24) is 14.8 Å². The number of hydrogen-bond donors (Lipinski definition) is 0. The van der Waals surface area contributed by atoms with E-state index in [1.165, 1.54) is 18.1 Å². The molecule has 0 aliphatic heterocycles. The smallest absolute Gasteiger partial charge is 0.190 e. The largest absolute Gasteiger partial charge is 0.294 e. The summed E-state index contributed by atoms with van der Waals surface area (Å²) in [6.07, 6.45) is 1.50. The van der Waals surface area contributed by atoms with E-state index in [1.54, 1.807) is 11.6 Å². The van der Waals surface area contributed by atoms with Crippen LogP contribution < -0.4 is 0 Å². The molecule has 0 spiro atoms. The Morgan fingerprint density at radius 1 is 1.38 bits per heavy atom. The Balaban J connectivity index is 2.35. The van der Waals surface area contributed by atoms with Gasteiger partial charge in [-0.15, -0.1) is 0 Å². The third-order valence-corrected chi connectivity index (χ3v) is 3.27. The Morgan fingerprint density at radius 3 is 2.75 bits per heavy atom. The second kappa shape index (κ2) is 4.49. The molecule has 0 bridgehead atoms. The van der Waals surface area contributed by atoms with Gasteiger partial charge in [-0.1, -0.05) is 18.2 Å². The zero-order valence-corrected chi connectivity index (χ0v) is 9.86. The van der Waals surface area contributed by atoms with Gasteiger partial charge in [-0.2, -0.15) is 5.10 Å². The number of aromatic nitrogens is 3. The summed E-state index contributed by atoms with van der Waals surface area (Å²) in [4.78, 5) is 16.4. The molecule has 0 amide bonds. The Hall–Kier alpha value is -1.62. The van der Waals surface area contributed by atoms with Gasteiger partial charge in [0.2, 0.25) is 0 Å². The highest BCUT2D eigenvalue weighted by Crippen LogP contribution is 2.28. The molecule has 0 aliphatic carbocycles. The number of hydrogen-bond acceptors (Lipinski definition) is 4. The molecular weight excluding hydrogens is 222 g/mol. The lowest BCUT2D eigenvalue weighted by atomic mass is 10.1. The molecule has 0 radical (unpaired) electrons. The maximum Gasteiger partial charge on any atom is 0.190 e. The maximum absolute atomic E-state index is 11.4. The maximum atomic E-state index is 11.4. The molecule has 1 heterocycles. The van der Waals surface area contributed by atoms with Crippen LogP contribution in [0.1, 0.15) is 17.3 Å². The molecule has 0 aliphatic rings. The topological polar surface area (TPSA) is 47.8 Å². The number of nitrogens with zero attached hydrogens (tertiary/aromatic N) is 3. The van der Waals surface area contributed by atoms with Gasteiger partial charge in [0.25, 0.3) is 0 Å². The zero-order chi connectivity index (χ0) is 11.5. The summed E-state index contributed by atoms with van der Waals surface area (Å²) in [7, 11) is 1.83. The molecule has 0 saturated heterocycles. The van der Waals surface area contributed by atoms with E-state index in [0.717, 1.165) is 15.6 Å². The van der Waals surface area contributed by atoms with Crippen LogP contribution >= 0.6 is 11.8 Å². The van der Waals surface area contributed by atoms with Gasteiger partial charge in [0.15, 0.2) is 10.9 Å². The van der Waals surface area contributed by atoms with Gasteiger partial charge >= 0.3 is 0 Å². The van der Waals surface area contributed by atoms with Crippen LogP contribution in [-0.2, 0) is 7.05 Å². The minimum atomic E-state index is 0.0604. The Bertz CT molecular complexity index is 521. The molecule has 16 heavy (non-hydrogen) atoms. The standard InChI is InChI=1S/C11H11N3OS/c1-8(15)9-5-3-4-6-10(9)16-11-12-7-13-14(11)2/h3-7H,1-2H3. The van der Waals surface area contributed by atoms with E-state index in [-0.39, 0.29) is 5.78 Å². The Morgan fingerprint density at radius 2 is 2.12 bits per heavy atom. The van der Waals surface area contributed by atoms with Crippen LogP contribution in [0.25, 0.3) is 0 Å². The van der Waals surface area contributed by atoms with Crippen molar-refractivity contribution in [1.29, 1.82) is 0 Å². The fourth-order valence-electron chi connectivity index (χ4n) is 1.32. The van der Waals surface area contributed by atoms with E-state index in [9.17, 15) is 4.79 Å². The van der Waals surface area contributed by atoms with Crippen LogP contribution in [-0.4, -0.2) is 20.5 Å². The summed E-state index contributed by atoms with van der Waals surface area (Å²) in [5.41, 5.74) is 0.718. The van der Waals surface area contributed by atoms with E-state index in [2.05, 4.69) is 10.1 Å². The summed E-state index contributed by atoms with van der Waals surface area (Å²) >= 11 is 1.44. The van der Waals surface area contributed by atoms with Crippen LogP contribution in [0.4, 0.5) is 0 Å². The highest BCUT2D eigenvalue weighted by Gasteiger charge is 2.10. The first-order chi connectivity index (χ1) is 7.68. The molecule has 0 fully saturated rings. The summed E-state index contributed by atoms with van der Waals surface area (Å²) < 4.78 is 1.68. The van der Waals surface area contributed by atoms with Crippen LogP contribution in [0.3, 0.4) is 0 Å². The Kier molecular flexibility index (Phi) is 3.05. The van der Waals surface area contributed by atoms with E-state index in [0.29, 0.717) is 0 Å². The number of Topliss-reactive ketones (excluding diaryl/α,β-unsaturated/α-hetero) is 1. The van der Waals surface area contributed by atoms with Crippen molar-refractivity contribution in [2.75, 3.05) is 0 Å². The van der Waals surface area contributed by atoms with E-state index < -0.39 is 0 Å². The van der Waals surface area contributed by atoms with Gasteiger partial charge in [-0.3, -0.25) is 4.79 Å². The van der Waals surface area contributed by atoms with E-state index >= 15 is 0 Å². The number of carbonyl (C=O) groups is 1. The average Bonchev–Trinajstić information content (AvgIpc) is 2.65. The number of aryl methyl sites for hydroxylation is 1. The summed E-state index contributed by atoms with van der Waals surface area (Å²) in [6, 6.07) is 7.50. The molecule has 0 atom stereocenters. The van der Waals surface area contributed by atoms with Gasteiger partial charge in [0, 0.05) is 17.5 Å². The van der Waals surface area contributed by atoms with Gasteiger partial charge in [0.05, 0.1) is 0 Å². The van der Waals surface area contributed by atoms with Crippen LogP contribution in [0.5, 0.6) is 0 Å². The lowest BCUT2D eigenvalue weighted by Gasteiger charge is -2.04. The van der Waals surface area contributed by atoms with Crippen molar-refractivity contribution in [2.45, 2.75) is 17.0 Å². The van der Waals surface area contributed by atoms with Crippen LogP contribution in [0.15, 0.2) is 40.6 Å². The third-order valence-electron chi connectivity index (χ3n) is 2.14. The first kappa shape index (κ1) is 10.9. The predicted octanol–water partition coefficient (Wildman–Crippen LogP) is 2.17. The van der Waals surface area contributed by atoms with Gasteiger partial charge in [0.1, 0.15) is 6.33 Å². The lowest BCUT2D eigenvalue weighted by Crippen LogP contribution is -1.97. The number of benzene rings is 1. The first-order valence-corrected chi connectivity index (χ1v) is 5.62. The van der Waals surface area contributed by atoms with Crippen molar-refractivity contribution in [3.63, 3.8) is 0 Å². The molecule has 1 aromatic heterocycles. The van der Waals surface area contributed by atoms with Crippen molar-refractivity contribution in [3.8, 4) is 0 Å². The summed E-state index contributed by atoms with van der Waals surface area (Å²) in [6.45, 7) is 1.57. The highest BCUT2D eigenvalue weighted by atomic mass is 32.2. The quantitative estimate of drug-likeness (QED) is 0.762. The Labute approximate surface area is 97.7 Å². The molecule has 2 rings (SSSR count). The molecule has 0 unspecified atom stereocenters. The third kappa shape index (κ3) is 2.14. The normalized spacial score (nSPS) is 10.4. The molecule has 82 valence electrons. The minimum absolute atomic E-state index is 0.0604. The molecule has 4 nitrogen and oxygen atoms in total. The highest BCUT2D eigenvalue weighted by molar-refractivity contribution is 7.99. The SMILES string of the molecule is CC(=O)c1ccccc1Sc1ncnn1C. The second-order valence-corrected chi connectivity index (χ2v) is 4.33. The summed E-state index contributed by atoms with van der Waals surface area (Å²) in [5.74, 6) is 0.0604. The molecule has 0 saturated carbocycles. The fraction of sp³-hybridized carbons (Fsp3) is 0.182. The van der Waals surface area contributed by atoms with Gasteiger partial charge in [-0.05, 0) is 24.8 Å². The monoisotopic (exact) mass is 233 g/mol. The van der Waals surface area contributed by atoms with Gasteiger partial charge < -0.3 is 0 Å². The number of ketones is 1. The molecule has 5 heteroatoms. The fourth-order valence-corrected chi connectivity index (χ4v) is 2.27. The van der Waals surface area contributed by atoms with Crippen molar-refractivity contribution < 1.29 is 4.79 Å². The van der Waals surface area contributed by atoms with Crippen molar-refractivity contribution in [2.24, 2.45) is 7.05 Å². The molecule has 1 aromatic carbocycles. The second-order valence-electron chi connectivity index (χ2n) is 3.32. The van der Waals surface area contributed by atoms with Crippen molar-refractivity contribution >= 4 is 17.5 Å². The van der Waals surface area contributed by atoms with E-state index in [4.69, 9.17) is 0 Å². The number of carbonyl (C=O) groups excluding carboxylic acids is 1. The zero-order valence-electron chi connectivity index (χ0n) is 9.04. The van der Waals surface area contributed by atoms with Crippen LogP contribution in [0.2, 0.25) is 0 Å². The predicted molar refractivity (Wildman–Crippen MR) is 61.6 cm³/mol. The molecule has 0 N–H and O–H groups in total. The summed E-state index contributed by atoms with van der Waals surface area (Å²) in [5, 5.41) is 4.76. The van der Waals surface area contributed by atoms with Gasteiger partial charge in [-0.25, -0.2) is 9.67 Å². The van der Waals surface area contributed by atoms with Crippen LogP contribution in [0, 0.1) is 0 Å². The molecule has 2 aromatic rings. The average molecular weight is 233 g/mol. The van der Waals surface area contributed by atoms with Crippen molar-refractivity contribution in [3.05, 3.63) is 36.2 Å².